The summed E-state index contributed by atoms with van der Waals surface area (Å²) in [5, 5.41) is 3.04. The maximum absolute atomic E-state index is 13.9. The van der Waals surface area contributed by atoms with Gasteiger partial charge in [0.2, 0.25) is 0 Å². The van der Waals surface area contributed by atoms with Crippen LogP contribution < -0.4 is 5.32 Å². The second kappa shape index (κ2) is 9.70. The van der Waals surface area contributed by atoms with Crippen LogP contribution in [0.4, 0.5) is 26.3 Å². The van der Waals surface area contributed by atoms with E-state index in [0.717, 1.165) is 12.1 Å². The third-order valence-electron chi connectivity index (χ3n) is 3.72. The highest BCUT2D eigenvalue weighted by Crippen LogP contribution is 2.33. The van der Waals surface area contributed by atoms with E-state index < -0.39 is 42.5 Å². The van der Waals surface area contributed by atoms with Crippen molar-refractivity contribution < 1.29 is 26.3 Å². The summed E-state index contributed by atoms with van der Waals surface area (Å²) in [7, 11) is 0. The van der Waals surface area contributed by atoms with Gasteiger partial charge in [-0.15, -0.1) is 24.8 Å². The van der Waals surface area contributed by atoms with Crippen molar-refractivity contribution in [2.45, 2.75) is 25.1 Å². The molecule has 0 spiro atoms. The summed E-state index contributed by atoms with van der Waals surface area (Å²) in [6.45, 7) is 1.93. The van der Waals surface area contributed by atoms with Crippen molar-refractivity contribution in [2.24, 2.45) is 0 Å². The predicted molar refractivity (Wildman–Crippen MR) is 83.3 cm³/mol. The topological polar surface area (TPSA) is 15.3 Å². The third kappa shape index (κ3) is 5.98. The first kappa shape index (κ1) is 23.3. The van der Waals surface area contributed by atoms with Gasteiger partial charge in [0.1, 0.15) is 0 Å². The van der Waals surface area contributed by atoms with Crippen LogP contribution >= 0.6 is 24.8 Å². The zero-order chi connectivity index (χ0) is 16.3. The van der Waals surface area contributed by atoms with Gasteiger partial charge in [-0.2, -0.15) is 13.2 Å². The van der Waals surface area contributed by atoms with E-state index in [0.29, 0.717) is 26.2 Å². The van der Waals surface area contributed by atoms with Crippen molar-refractivity contribution in [2.75, 3.05) is 26.2 Å². The molecule has 2 rings (SSSR count). The molecule has 1 aliphatic heterocycles. The fourth-order valence-electron chi connectivity index (χ4n) is 2.63. The minimum atomic E-state index is -4.39. The molecule has 1 aliphatic rings. The maximum atomic E-state index is 13.9. The zero-order valence-corrected chi connectivity index (χ0v) is 14.1. The van der Waals surface area contributed by atoms with E-state index in [1.54, 1.807) is 4.90 Å². The lowest BCUT2D eigenvalue weighted by atomic mass is 9.98. The molecule has 0 aromatic heterocycles. The van der Waals surface area contributed by atoms with Crippen molar-refractivity contribution in [1.29, 1.82) is 0 Å². The van der Waals surface area contributed by atoms with Gasteiger partial charge in [0, 0.05) is 44.2 Å². The Balaban J connectivity index is 0.00000264. The van der Waals surface area contributed by atoms with Gasteiger partial charge >= 0.3 is 6.18 Å². The number of rotatable bonds is 4. The zero-order valence-electron chi connectivity index (χ0n) is 12.5. The fraction of sp³-hybridized carbons (Fsp3) is 0.571. The van der Waals surface area contributed by atoms with Crippen molar-refractivity contribution in [3.05, 3.63) is 35.1 Å². The maximum Gasteiger partial charge on any atom is 0.389 e. The molecule has 1 aromatic carbocycles. The highest BCUT2D eigenvalue weighted by molar-refractivity contribution is 5.85. The molecule has 10 heteroatoms. The molecular weight excluding hydrogens is 381 g/mol. The Hall–Kier alpha value is -0.700. The van der Waals surface area contributed by atoms with Gasteiger partial charge in [-0.05, 0) is 12.5 Å². The molecule has 0 amide bonds. The minimum absolute atomic E-state index is 0. The van der Waals surface area contributed by atoms with E-state index in [1.165, 1.54) is 0 Å². The molecule has 1 saturated heterocycles. The molecule has 2 nitrogen and oxygen atoms in total. The summed E-state index contributed by atoms with van der Waals surface area (Å²) in [5.41, 5.74) is -0.231. The molecule has 1 N–H and O–H groups in total. The van der Waals surface area contributed by atoms with E-state index in [2.05, 4.69) is 5.32 Å². The lowest BCUT2D eigenvalue weighted by molar-refractivity contribution is -0.138. The SMILES string of the molecule is Cl.Cl.Fc1ccc([C@@H](CCC(F)(F)F)N2CCNCC2)c(F)c1F. The molecule has 0 radical (unpaired) electrons. The Labute approximate surface area is 148 Å². The second-order valence-corrected chi connectivity index (χ2v) is 5.22. The molecule has 0 bridgehead atoms. The van der Waals surface area contributed by atoms with Crippen LogP contribution in [0.15, 0.2) is 12.1 Å². The number of halogens is 8. The van der Waals surface area contributed by atoms with E-state index in [9.17, 15) is 26.3 Å². The highest BCUT2D eigenvalue weighted by atomic mass is 35.5. The summed E-state index contributed by atoms with van der Waals surface area (Å²) in [5.74, 6) is -4.41. The number of alkyl halides is 3. The Kier molecular flexibility index (Phi) is 9.41. The average molecular weight is 399 g/mol. The molecule has 1 atom stereocenters. The van der Waals surface area contributed by atoms with E-state index >= 15 is 0 Å². The number of benzene rings is 1. The lowest BCUT2D eigenvalue weighted by Crippen LogP contribution is -2.45. The van der Waals surface area contributed by atoms with Gasteiger partial charge in [0.15, 0.2) is 17.5 Å². The van der Waals surface area contributed by atoms with Crippen LogP contribution in [0, 0.1) is 17.5 Å². The van der Waals surface area contributed by atoms with Crippen LogP contribution in [-0.4, -0.2) is 37.3 Å². The quantitative estimate of drug-likeness (QED) is 0.602. The van der Waals surface area contributed by atoms with E-state index in [1.807, 2.05) is 0 Å². The number of piperazine rings is 1. The average Bonchev–Trinajstić information content (AvgIpc) is 2.47. The van der Waals surface area contributed by atoms with Crippen LogP contribution in [0.3, 0.4) is 0 Å². The van der Waals surface area contributed by atoms with Crippen LogP contribution in [0.1, 0.15) is 24.4 Å². The normalized spacial score (nSPS) is 16.9. The van der Waals surface area contributed by atoms with Crippen LogP contribution in [-0.2, 0) is 0 Å². The van der Waals surface area contributed by atoms with E-state index in [-0.39, 0.29) is 30.4 Å². The Bertz CT molecular complexity index is 521. The van der Waals surface area contributed by atoms with Gasteiger partial charge in [-0.25, -0.2) is 13.2 Å². The standard InChI is InChI=1S/C14H16F6N2.2ClH/c15-10-2-1-9(12(16)13(10)17)11(3-4-14(18,19)20)22-7-5-21-6-8-22;;/h1-2,11,21H,3-8H2;2*1H/t11-;;/m1../s1. The van der Waals surface area contributed by atoms with Crippen molar-refractivity contribution in [1.82, 2.24) is 10.2 Å². The Morgan fingerprint density at radius 1 is 1.00 bits per heavy atom. The van der Waals surface area contributed by atoms with E-state index in [4.69, 9.17) is 0 Å². The van der Waals surface area contributed by atoms with Crippen molar-refractivity contribution in [3.8, 4) is 0 Å². The fourth-order valence-corrected chi connectivity index (χ4v) is 2.63. The molecule has 1 aromatic rings. The molecular formula is C14H18Cl2F6N2. The number of hydrogen-bond donors (Lipinski definition) is 1. The van der Waals surface area contributed by atoms with Crippen LogP contribution in [0.25, 0.3) is 0 Å². The predicted octanol–water partition coefficient (Wildman–Crippen LogP) is 4.24. The second-order valence-electron chi connectivity index (χ2n) is 5.22. The van der Waals surface area contributed by atoms with Gasteiger partial charge in [-0.1, -0.05) is 6.07 Å². The first-order valence-corrected chi connectivity index (χ1v) is 6.94. The Morgan fingerprint density at radius 3 is 2.12 bits per heavy atom. The Morgan fingerprint density at radius 2 is 1.58 bits per heavy atom. The van der Waals surface area contributed by atoms with Gasteiger partial charge in [0.25, 0.3) is 0 Å². The third-order valence-corrected chi connectivity index (χ3v) is 3.72. The molecule has 24 heavy (non-hydrogen) atoms. The minimum Gasteiger partial charge on any atom is -0.314 e. The smallest absolute Gasteiger partial charge is 0.314 e. The highest BCUT2D eigenvalue weighted by Gasteiger charge is 2.33. The van der Waals surface area contributed by atoms with Crippen molar-refractivity contribution >= 4 is 24.8 Å². The summed E-state index contributed by atoms with van der Waals surface area (Å²) in [4.78, 5) is 1.66. The summed E-state index contributed by atoms with van der Waals surface area (Å²) in [6, 6.07) is 0.840. The summed E-state index contributed by atoms with van der Waals surface area (Å²) >= 11 is 0. The van der Waals surface area contributed by atoms with Gasteiger partial charge in [-0.3, -0.25) is 4.90 Å². The summed E-state index contributed by atoms with van der Waals surface area (Å²) in [6.07, 6.45) is -5.90. The lowest BCUT2D eigenvalue weighted by Gasteiger charge is -2.35. The molecule has 0 saturated carbocycles. The van der Waals surface area contributed by atoms with Gasteiger partial charge in [0.05, 0.1) is 0 Å². The number of nitrogens with zero attached hydrogens (tertiary/aromatic N) is 1. The number of nitrogens with one attached hydrogen (secondary N) is 1. The largest absolute Gasteiger partial charge is 0.389 e. The molecule has 140 valence electrons. The number of hydrogen-bond acceptors (Lipinski definition) is 2. The molecule has 0 aliphatic carbocycles. The summed E-state index contributed by atoms with van der Waals surface area (Å²) < 4.78 is 77.8. The first-order valence-electron chi connectivity index (χ1n) is 6.94. The molecule has 1 fully saturated rings. The van der Waals surface area contributed by atoms with Crippen LogP contribution in [0.2, 0.25) is 0 Å². The van der Waals surface area contributed by atoms with Gasteiger partial charge < -0.3 is 5.32 Å². The molecule has 1 heterocycles. The van der Waals surface area contributed by atoms with Crippen LogP contribution in [0.5, 0.6) is 0 Å². The monoisotopic (exact) mass is 398 g/mol. The molecule has 0 unspecified atom stereocenters. The van der Waals surface area contributed by atoms with Crippen molar-refractivity contribution in [3.63, 3.8) is 0 Å². The first-order chi connectivity index (χ1) is 10.3.